The van der Waals surface area contributed by atoms with Gasteiger partial charge in [0, 0.05) is 17.1 Å². The van der Waals surface area contributed by atoms with Crippen LogP contribution in [-0.4, -0.2) is 12.1 Å². The highest BCUT2D eigenvalue weighted by Gasteiger charge is 2.30. The summed E-state index contributed by atoms with van der Waals surface area (Å²) in [6, 6.07) is 4.96. The number of halogens is 2. The molecule has 0 aliphatic heterocycles. The summed E-state index contributed by atoms with van der Waals surface area (Å²) >= 11 is 5.82. The third-order valence-corrected chi connectivity index (χ3v) is 4.26. The average Bonchev–Trinajstić information content (AvgIpc) is 2.29. The fourth-order valence-corrected chi connectivity index (χ4v) is 2.20. The lowest BCUT2D eigenvalue weighted by atomic mass is 9.74. The Morgan fingerprint density at radius 2 is 1.80 bits per heavy atom. The van der Waals surface area contributed by atoms with Crippen LogP contribution in [0.3, 0.4) is 0 Å². The lowest BCUT2D eigenvalue weighted by molar-refractivity contribution is 0.186. The Bertz CT molecular complexity index is 451. The van der Waals surface area contributed by atoms with Gasteiger partial charge in [-0.1, -0.05) is 38.4 Å². The Labute approximate surface area is 127 Å². The molecule has 1 atom stereocenters. The Morgan fingerprint density at radius 1 is 1.20 bits per heavy atom. The van der Waals surface area contributed by atoms with E-state index < -0.39 is 0 Å². The first-order valence-corrected chi connectivity index (χ1v) is 7.60. The van der Waals surface area contributed by atoms with Crippen LogP contribution in [0.4, 0.5) is 4.39 Å². The lowest BCUT2D eigenvalue weighted by Crippen LogP contribution is -2.45. The molecular weight excluding hydrogens is 273 g/mol. The molecule has 0 aliphatic rings. The van der Waals surface area contributed by atoms with E-state index in [1.54, 1.807) is 12.1 Å². The highest BCUT2D eigenvalue weighted by atomic mass is 35.5. The minimum atomic E-state index is -0.208. The van der Waals surface area contributed by atoms with Crippen LogP contribution in [0.25, 0.3) is 0 Å². The molecule has 0 fully saturated rings. The first-order chi connectivity index (χ1) is 9.03. The van der Waals surface area contributed by atoms with Gasteiger partial charge >= 0.3 is 0 Å². The van der Waals surface area contributed by atoms with Gasteiger partial charge in [0.1, 0.15) is 5.82 Å². The quantitative estimate of drug-likeness (QED) is 0.800. The Balaban J connectivity index is 2.91. The zero-order valence-corrected chi connectivity index (χ0v) is 14.2. The Morgan fingerprint density at radius 3 is 2.25 bits per heavy atom. The van der Waals surface area contributed by atoms with E-state index in [0.29, 0.717) is 17.4 Å². The van der Waals surface area contributed by atoms with E-state index in [9.17, 15) is 4.39 Å². The molecule has 0 saturated heterocycles. The summed E-state index contributed by atoms with van der Waals surface area (Å²) in [6.07, 6.45) is 0.705. The van der Waals surface area contributed by atoms with Crippen LogP contribution in [0.1, 0.15) is 47.1 Å². The van der Waals surface area contributed by atoms with Crippen molar-refractivity contribution in [1.29, 1.82) is 0 Å². The topological polar surface area (TPSA) is 12.0 Å². The minimum Gasteiger partial charge on any atom is -0.312 e. The van der Waals surface area contributed by atoms with Gasteiger partial charge in [-0.2, -0.15) is 0 Å². The Kier molecular flexibility index (Phi) is 5.62. The van der Waals surface area contributed by atoms with Crippen LogP contribution in [0, 0.1) is 17.2 Å². The molecule has 1 rings (SSSR count). The number of hydrogen-bond donors (Lipinski definition) is 1. The SMILES string of the molecule is CC(C)C(C)(CNC(C)(C)C)Cc1ccc(Cl)cc1F. The number of nitrogens with one attached hydrogen (secondary N) is 1. The highest BCUT2D eigenvalue weighted by Crippen LogP contribution is 2.32. The van der Waals surface area contributed by atoms with E-state index in [-0.39, 0.29) is 16.8 Å². The van der Waals surface area contributed by atoms with E-state index in [4.69, 9.17) is 11.6 Å². The molecule has 1 aromatic carbocycles. The van der Waals surface area contributed by atoms with E-state index in [1.165, 1.54) is 6.07 Å². The molecule has 1 unspecified atom stereocenters. The maximum Gasteiger partial charge on any atom is 0.127 e. The standard InChI is InChI=1S/C17H27ClFN/c1-12(2)17(6,11-20-16(3,4)5)10-13-7-8-14(18)9-15(13)19/h7-9,12,20H,10-11H2,1-6H3. The maximum atomic E-state index is 14.0. The fraction of sp³-hybridized carbons (Fsp3) is 0.647. The van der Waals surface area contributed by atoms with Crippen molar-refractivity contribution in [2.24, 2.45) is 11.3 Å². The summed E-state index contributed by atoms with van der Waals surface area (Å²) in [4.78, 5) is 0. The summed E-state index contributed by atoms with van der Waals surface area (Å²) in [6.45, 7) is 13.9. The molecule has 0 saturated carbocycles. The van der Waals surface area contributed by atoms with Crippen molar-refractivity contribution in [2.45, 2.75) is 53.5 Å². The number of hydrogen-bond acceptors (Lipinski definition) is 1. The third-order valence-electron chi connectivity index (χ3n) is 4.03. The number of rotatable bonds is 5. The fourth-order valence-electron chi connectivity index (χ4n) is 2.04. The molecule has 1 aromatic rings. The second kappa shape index (κ2) is 6.44. The molecule has 1 nitrogen and oxygen atoms in total. The zero-order chi connectivity index (χ0) is 15.6. The van der Waals surface area contributed by atoms with Crippen LogP contribution < -0.4 is 5.32 Å². The van der Waals surface area contributed by atoms with E-state index >= 15 is 0 Å². The molecule has 0 radical (unpaired) electrons. The largest absolute Gasteiger partial charge is 0.312 e. The molecule has 0 heterocycles. The van der Waals surface area contributed by atoms with Crippen molar-refractivity contribution in [2.75, 3.05) is 6.54 Å². The van der Waals surface area contributed by atoms with Gasteiger partial charge in [0.15, 0.2) is 0 Å². The molecule has 20 heavy (non-hydrogen) atoms. The summed E-state index contributed by atoms with van der Waals surface area (Å²) in [5, 5.41) is 4.00. The molecule has 3 heteroatoms. The summed E-state index contributed by atoms with van der Waals surface area (Å²) in [5.41, 5.74) is 0.803. The lowest BCUT2D eigenvalue weighted by Gasteiger charge is -2.37. The predicted octanol–water partition coefficient (Wildman–Crippen LogP) is 5.07. The first-order valence-electron chi connectivity index (χ1n) is 7.22. The minimum absolute atomic E-state index is 0.00193. The summed E-state index contributed by atoms with van der Waals surface area (Å²) in [5.74, 6) is 0.243. The monoisotopic (exact) mass is 299 g/mol. The molecule has 1 N–H and O–H groups in total. The third kappa shape index (κ3) is 5.06. The highest BCUT2D eigenvalue weighted by molar-refractivity contribution is 6.30. The van der Waals surface area contributed by atoms with Gasteiger partial charge in [-0.05, 0) is 56.2 Å². The zero-order valence-electron chi connectivity index (χ0n) is 13.5. The normalized spacial score (nSPS) is 15.4. The van der Waals surface area contributed by atoms with E-state index in [1.807, 2.05) is 0 Å². The number of benzene rings is 1. The van der Waals surface area contributed by atoms with Crippen LogP contribution in [0.15, 0.2) is 18.2 Å². The Hall–Kier alpha value is -0.600. The van der Waals surface area contributed by atoms with Crippen LogP contribution in [0.2, 0.25) is 5.02 Å². The maximum absolute atomic E-state index is 14.0. The van der Waals surface area contributed by atoms with Gasteiger partial charge in [-0.3, -0.25) is 0 Å². The smallest absolute Gasteiger partial charge is 0.127 e. The van der Waals surface area contributed by atoms with Crippen LogP contribution in [0.5, 0.6) is 0 Å². The predicted molar refractivity (Wildman–Crippen MR) is 85.8 cm³/mol. The van der Waals surface area contributed by atoms with Crippen molar-refractivity contribution in [3.8, 4) is 0 Å². The van der Waals surface area contributed by atoms with Crippen LogP contribution >= 0.6 is 11.6 Å². The van der Waals surface area contributed by atoms with Gasteiger partial charge in [0.2, 0.25) is 0 Å². The van der Waals surface area contributed by atoms with Crippen molar-refractivity contribution in [3.05, 3.63) is 34.6 Å². The van der Waals surface area contributed by atoms with Gasteiger partial charge in [0.25, 0.3) is 0 Å². The van der Waals surface area contributed by atoms with Crippen molar-refractivity contribution in [3.63, 3.8) is 0 Å². The van der Waals surface area contributed by atoms with Crippen molar-refractivity contribution >= 4 is 11.6 Å². The summed E-state index contributed by atoms with van der Waals surface area (Å²) < 4.78 is 14.0. The van der Waals surface area contributed by atoms with Crippen LogP contribution in [-0.2, 0) is 6.42 Å². The van der Waals surface area contributed by atoms with Gasteiger partial charge < -0.3 is 5.32 Å². The molecule has 0 aromatic heterocycles. The molecule has 0 bridgehead atoms. The molecule has 114 valence electrons. The average molecular weight is 300 g/mol. The van der Waals surface area contributed by atoms with E-state index in [2.05, 4.69) is 46.9 Å². The second-order valence-corrected chi connectivity index (χ2v) is 7.76. The van der Waals surface area contributed by atoms with Gasteiger partial charge in [0.05, 0.1) is 0 Å². The molecule has 0 spiro atoms. The second-order valence-electron chi connectivity index (χ2n) is 7.32. The van der Waals surface area contributed by atoms with Crippen molar-refractivity contribution in [1.82, 2.24) is 5.32 Å². The van der Waals surface area contributed by atoms with Gasteiger partial charge in [-0.25, -0.2) is 4.39 Å². The molecular formula is C17H27ClFN. The van der Waals surface area contributed by atoms with Crippen molar-refractivity contribution < 1.29 is 4.39 Å². The van der Waals surface area contributed by atoms with Gasteiger partial charge in [-0.15, -0.1) is 0 Å². The van der Waals surface area contributed by atoms with E-state index in [0.717, 1.165) is 12.1 Å². The molecule has 0 aliphatic carbocycles. The first kappa shape index (κ1) is 17.5. The molecule has 0 amide bonds. The summed E-state index contributed by atoms with van der Waals surface area (Å²) in [7, 11) is 0.